The van der Waals surface area contributed by atoms with E-state index in [1.807, 2.05) is 36.7 Å². The number of aliphatic carboxylic acids is 1. The molecule has 0 saturated carbocycles. The number of carboxylic acids is 1. The van der Waals surface area contributed by atoms with Crippen molar-refractivity contribution < 1.29 is 9.90 Å². The van der Waals surface area contributed by atoms with Crippen LogP contribution in [0.5, 0.6) is 0 Å². The topological polar surface area (TPSA) is 49.3 Å². The second-order valence-corrected chi connectivity index (χ2v) is 7.36. The minimum atomic E-state index is -0.653. The van der Waals surface area contributed by atoms with E-state index in [0.717, 1.165) is 12.8 Å². The highest BCUT2D eigenvalue weighted by Gasteiger charge is 1.97. The Balaban J connectivity index is 0.000000797. The zero-order chi connectivity index (χ0) is 19.8. The average Bonchev–Trinajstić information content (AvgIpc) is 2.98. The number of carboxylic acid groups (broad SMARTS) is 1. The highest BCUT2D eigenvalue weighted by molar-refractivity contribution is 5.66. The average molecular weight is 378 g/mol. The third-order valence-electron chi connectivity index (χ3n) is 4.71. The Bertz CT molecular complexity index is 385. The van der Waals surface area contributed by atoms with Gasteiger partial charge in [-0.05, 0) is 18.6 Å². The summed E-state index contributed by atoms with van der Waals surface area (Å²) in [6, 6.07) is 0. The normalized spacial score (nSPS) is 12.2. The Morgan fingerprint density at radius 1 is 0.630 bits per heavy atom. The Morgan fingerprint density at radius 2 is 1.00 bits per heavy atom. The molecule has 0 atom stereocenters. The summed E-state index contributed by atoms with van der Waals surface area (Å²) in [6.07, 6.45) is 31.8. The predicted octanol–water partition coefficient (Wildman–Crippen LogP) is 7.51. The largest absolute Gasteiger partial charge is 0.481 e. The van der Waals surface area contributed by atoms with Crippen molar-refractivity contribution in [2.24, 2.45) is 0 Å². The van der Waals surface area contributed by atoms with Crippen molar-refractivity contribution in [1.82, 2.24) is 5.32 Å². The van der Waals surface area contributed by atoms with E-state index in [-0.39, 0.29) is 0 Å². The molecule has 27 heavy (non-hydrogen) atoms. The maximum Gasteiger partial charge on any atom is 0.303 e. The van der Waals surface area contributed by atoms with Gasteiger partial charge in [-0.2, -0.15) is 0 Å². The summed E-state index contributed by atoms with van der Waals surface area (Å²) >= 11 is 0. The molecule has 0 aromatic carbocycles. The zero-order valence-corrected chi connectivity index (χ0v) is 17.6. The van der Waals surface area contributed by atoms with Crippen LogP contribution in [0.25, 0.3) is 0 Å². The Morgan fingerprint density at radius 3 is 1.37 bits per heavy atom. The minimum Gasteiger partial charge on any atom is -0.481 e. The molecule has 1 heterocycles. The Labute approximate surface area is 168 Å². The summed E-state index contributed by atoms with van der Waals surface area (Å²) in [4.78, 5) is 10.3. The van der Waals surface area contributed by atoms with E-state index in [0.29, 0.717) is 6.42 Å². The van der Waals surface area contributed by atoms with Crippen LogP contribution in [0.15, 0.2) is 36.7 Å². The van der Waals surface area contributed by atoms with Crippen molar-refractivity contribution in [1.29, 1.82) is 0 Å². The van der Waals surface area contributed by atoms with Gasteiger partial charge in [-0.3, -0.25) is 4.79 Å². The van der Waals surface area contributed by atoms with Crippen molar-refractivity contribution in [3.63, 3.8) is 0 Å². The van der Waals surface area contributed by atoms with Crippen LogP contribution in [0.4, 0.5) is 0 Å². The molecule has 156 valence electrons. The van der Waals surface area contributed by atoms with Gasteiger partial charge in [0.25, 0.3) is 0 Å². The van der Waals surface area contributed by atoms with Crippen molar-refractivity contribution >= 4 is 5.97 Å². The molecule has 0 aliphatic carbocycles. The summed E-state index contributed by atoms with van der Waals surface area (Å²) in [7, 11) is 0. The van der Waals surface area contributed by atoms with Gasteiger partial charge in [0.1, 0.15) is 0 Å². The molecule has 0 aromatic rings. The number of carbonyl (C=O) groups is 1. The van der Waals surface area contributed by atoms with Gasteiger partial charge in [-0.15, -0.1) is 0 Å². The van der Waals surface area contributed by atoms with E-state index in [4.69, 9.17) is 5.11 Å². The van der Waals surface area contributed by atoms with Crippen molar-refractivity contribution in [2.75, 3.05) is 0 Å². The number of nitrogens with one attached hydrogen (secondary N) is 1. The third kappa shape index (κ3) is 24.5. The molecule has 0 fully saturated rings. The number of allylic oxidation sites excluding steroid dienone is 4. The second-order valence-electron chi connectivity index (χ2n) is 7.36. The SMILES string of the molecule is C1=CC=CNC=C1.CCCCCCCCCCCCCCCCCC(=O)O. The summed E-state index contributed by atoms with van der Waals surface area (Å²) < 4.78 is 0. The van der Waals surface area contributed by atoms with Gasteiger partial charge in [0.15, 0.2) is 0 Å². The second kappa shape index (κ2) is 22.5. The first kappa shape index (κ1) is 25.5. The molecule has 1 aliphatic rings. The lowest BCUT2D eigenvalue weighted by Gasteiger charge is -2.03. The fourth-order valence-electron chi connectivity index (χ4n) is 3.05. The summed E-state index contributed by atoms with van der Waals surface area (Å²) in [6.45, 7) is 2.27. The van der Waals surface area contributed by atoms with E-state index in [2.05, 4.69) is 12.2 Å². The quantitative estimate of drug-likeness (QED) is 0.274. The fourth-order valence-corrected chi connectivity index (χ4v) is 3.05. The molecule has 0 aromatic heterocycles. The van der Waals surface area contributed by atoms with Gasteiger partial charge in [0.05, 0.1) is 0 Å². The molecule has 2 N–H and O–H groups in total. The van der Waals surface area contributed by atoms with Crippen LogP contribution < -0.4 is 5.32 Å². The van der Waals surface area contributed by atoms with E-state index >= 15 is 0 Å². The summed E-state index contributed by atoms with van der Waals surface area (Å²) in [5.41, 5.74) is 0. The standard InChI is InChI=1S/C18H36O2.C6H7N/c1-2-3-4-5-6-7-8-9-10-11-12-13-14-15-16-17-18(19)20;1-2-4-6-7-5-3-1/h2-17H2,1H3,(H,19,20);1-7H. The van der Waals surface area contributed by atoms with E-state index in [9.17, 15) is 4.79 Å². The van der Waals surface area contributed by atoms with E-state index in [1.165, 1.54) is 83.5 Å². The van der Waals surface area contributed by atoms with Crippen LogP contribution in [0.1, 0.15) is 110 Å². The van der Waals surface area contributed by atoms with Crippen LogP contribution in [0.2, 0.25) is 0 Å². The molecule has 0 spiro atoms. The fraction of sp³-hybridized carbons (Fsp3) is 0.708. The Hall–Kier alpha value is -1.51. The maximum absolute atomic E-state index is 10.3. The van der Waals surface area contributed by atoms with Gasteiger partial charge in [0.2, 0.25) is 0 Å². The van der Waals surface area contributed by atoms with Crippen LogP contribution >= 0.6 is 0 Å². The molecule has 3 nitrogen and oxygen atoms in total. The number of unbranched alkanes of at least 4 members (excludes halogenated alkanes) is 14. The molecular weight excluding hydrogens is 334 g/mol. The molecule has 0 amide bonds. The van der Waals surface area contributed by atoms with Gasteiger partial charge in [-0.25, -0.2) is 0 Å². The highest BCUT2D eigenvalue weighted by Crippen LogP contribution is 2.13. The lowest BCUT2D eigenvalue weighted by Crippen LogP contribution is -1.93. The zero-order valence-electron chi connectivity index (χ0n) is 17.6. The van der Waals surface area contributed by atoms with Crippen LogP contribution in [0, 0.1) is 0 Å². The number of hydrogen-bond acceptors (Lipinski definition) is 2. The van der Waals surface area contributed by atoms with Crippen molar-refractivity contribution in [2.45, 2.75) is 110 Å². The van der Waals surface area contributed by atoms with Crippen molar-refractivity contribution in [3.05, 3.63) is 36.7 Å². The lowest BCUT2D eigenvalue weighted by atomic mass is 10.0. The Kier molecular flexibility index (Phi) is 21.3. The first-order valence-corrected chi connectivity index (χ1v) is 11.2. The van der Waals surface area contributed by atoms with Crippen LogP contribution in [0.3, 0.4) is 0 Å². The molecule has 1 aliphatic heterocycles. The summed E-state index contributed by atoms with van der Waals surface area (Å²) in [5.74, 6) is -0.653. The monoisotopic (exact) mass is 377 g/mol. The van der Waals surface area contributed by atoms with Gasteiger partial charge < -0.3 is 10.4 Å². The molecule has 0 radical (unpaired) electrons. The summed E-state index contributed by atoms with van der Waals surface area (Å²) in [5, 5.41) is 11.4. The van der Waals surface area contributed by atoms with Crippen LogP contribution in [-0.4, -0.2) is 11.1 Å². The highest BCUT2D eigenvalue weighted by atomic mass is 16.4. The number of rotatable bonds is 16. The van der Waals surface area contributed by atoms with Gasteiger partial charge in [-0.1, -0.05) is 109 Å². The van der Waals surface area contributed by atoms with E-state index < -0.39 is 5.97 Å². The minimum absolute atomic E-state index is 0.345. The molecular formula is C24H43NO2. The van der Waals surface area contributed by atoms with Crippen LogP contribution in [-0.2, 0) is 4.79 Å². The van der Waals surface area contributed by atoms with Gasteiger partial charge in [0, 0.05) is 18.8 Å². The first-order valence-electron chi connectivity index (χ1n) is 11.2. The van der Waals surface area contributed by atoms with E-state index in [1.54, 1.807) is 0 Å². The maximum atomic E-state index is 10.3. The van der Waals surface area contributed by atoms with Crippen molar-refractivity contribution in [3.8, 4) is 0 Å². The predicted molar refractivity (Wildman–Crippen MR) is 118 cm³/mol. The lowest BCUT2D eigenvalue weighted by molar-refractivity contribution is -0.137. The molecule has 3 heteroatoms. The number of hydrogen-bond donors (Lipinski definition) is 2. The van der Waals surface area contributed by atoms with Gasteiger partial charge >= 0.3 is 5.97 Å². The molecule has 1 rings (SSSR count). The molecule has 0 bridgehead atoms. The smallest absolute Gasteiger partial charge is 0.303 e. The first-order chi connectivity index (χ1) is 13.3. The molecule has 0 unspecified atom stereocenters. The third-order valence-corrected chi connectivity index (χ3v) is 4.71. The molecule has 0 saturated heterocycles.